The molecule has 1 aromatic rings. The Bertz CT molecular complexity index is 318. The van der Waals surface area contributed by atoms with Crippen molar-refractivity contribution in [1.82, 2.24) is 9.55 Å². The van der Waals surface area contributed by atoms with Crippen LogP contribution in [-0.4, -0.2) is 15.6 Å². The van der Waals surface area contributed by atoms with E-state index in [4.69, 9.17) is 5.73 Å². The number of aromatic nitrogens is 2. The van der Waals surface area contributed by atoms with E-state index in [0.29, 0.717) is 0 Å². The maximum Gasteiger partial charge on any atom is 0.0949 e. The number of hydrogen-bond donors (Lipinski definition) is 1. The summed E-state index contributed by atoms with van der Waals surface area (Å²) in [6, 6.07) is 0.200. The van der Waals surface area contributed by atoms with Gasteiger partial charge in [-0.1, -0.05) is 51.9 Å². The van der Waals surface area contributed by atoms with Gasteiger partial charge in [0.25, 0.3) is 0 Å². The van der Waals surface area contributed by atoms with Gasteiger partial charge in [-0.15, -0.1) is 0 Å². The highest BCUT2D eigenvalue weighted by Crippen LogP contribution is 2.09. The molecule has 3 heteroatoms. The molecule has 1 unspecified atom stereocenters. The molecular weight excluding hydrogens is 234 g/mol. The Morgan fingerprint density at radius 1 is 1.11 bits per heavy atom. The number of imidazole rings is 1. The molecule has 0 saturated carbocycles. The summed E-state index contributed by atoms with van der Waals surface area (Å²) in [5, 5.41) is 0. The van der Waals surface area contributed by atoms with Gasteiger partial charge < -0.3 is 10.3 Å². The second-order valence-corrected chi connectivity index (χ2v) is 5.76. The zero-order valence-corrected chi connectivity index (χ0v) is 12.8. The third-order valence-corrected chi connectivity index (χ3v) is 3.49. The highest BCUT2D eigenvalue weighted by molar-refractivity contribution is 4.98. The first-order valence-electron chi connectivity index (χ1n) is 7.98. The quantitative estimate of drug-likeness (QED) is 0.616. The number of hydrogen-bond acceptors (Lipinski definition) is 2. The van der Waals surface area contributed by atoms with Gasteiger partial charge in [0.05, 0.1) is 12.0 Å². The van der Waals surface area contributed by atoms with E-state index in [1.165, 1.54) is 51.4 Å². The molecule has 0 aliphatic carbocycles. The lowest BCUT2D eigenvalue weighted by Gasteiger charge is -2.03. The lowest BCUT2D eigenvalue weighted by atomic mass is 10.1. The predicted molar refractivity (Wildman–Crippen MR) is 82.2 cm³/mol. The Morgan fingerprint density at radius 3 is 2.37 bits per heavy atom. The minimum absolute atomic E-state index is 0.200. The molecule has 3 nitrogen and oxygen atoms in total. The van der Waals surface area contributed by atoms with Crippen LogP contribution in [0.1, 0.15) is 70.9 Å². The third-order valence-electron chi connectivity index (χ3n) is 3.49. The van der Waals surface area contributed by atoms with E-state index in [9.17, 15) is 0 Å². The fourth-order valence-electron chi connectivity index (χ4n) is 2.39. The average Bonchev–Trinajstić information content (AvgIpc) is 2.79. The third kappa shape index (κ3) is 8.04. The molecule has 0 spiro atoms. The van der Waals surface area contributed by atoms with Crippen molar-refractivity contribution in [3.05, 3.63) is 18.2 Å². The van der Waals surface area contributed by atoms with Crippen LogP contribution in [0.2, 0.25) is 0 Å². The molecule has 1 atom stereocenters. The molecule has 0 amide bonds. The van der Waals surface area contributed by atoms with Gasteiger partial charge in [-0.05, 0) is 13.3 Å². The van der Waals surface area contributed by atoms with E-state index in [2.05, 4.69) is 22.7 Å². The summed E-state index contributed by atoms with van der Waals surface area (Å²) in [6.07, 6.45) is 15.9. The highest BCUT2D eigenvalue weighted by Gasteiger charge is 2.01. The molecule has 110 valence electrons. The molecule has 0 aliphatic heterocycles. The van der Waals surface area contributed by atoms with Crippen molar-refractivity contribution in [3.8, 4) is 0 Å². The first-order valence-corrected chi connectivity index (χ1v) is 7.98. The van der Waals surface area contributed by atoms with Gasteiger partial charge in [-0.25, -0.2) is 4.98 Å². The summed E-state index contributed by atoms with van der Waals surface area (Å²) >= 11 is 0. The Labute approximate surface area is 118 Å². The van der Waals surface area contributed by atoms with Crippen LogP contribution in [0.15, 0.2) is 12.5 Å². The van der Waals surface area contributed by atoms with Crippen molar-refractivity contribution in [1.29, 1.82) is 0 Å². The van der Waals surface area contributed by atoms with Crippen LogP contribution in [-0.2, 0) is 13.0 Å². The molecule has 0 bridgehead atoms. The van der Waals surface area contributed by atoms with E-state index >= 15 is 0 Å². The lowest BCUT2D eigenvalue weighted by Crippen LogP contribution is -2.17. The molecule has 0 aliphatic rings. The van der Waals surface area contributed by atoms with Crippen molar-refractivity contribution in [2.75, 3.05) is 0 Å². The molecular formula is C16H31N3. The zero-order chi connectivity index (χ0) is 13.9. The number of rotatable bonds is 11. The Hall–Kier alpha value is -0.830. The predicted octanol–water partition coefficient (Wildman–Crippen LogP) is 3.91. The minimum Gasteiger partial charge on any atom is -0.337 e. The summed E-state index contributed by atoms with van der Waals surface area (Å²) in [5.41, 5.74) is 6.89. The fourth-order valence-corrected chi connectivity index (χ4v) is 2.39. The van der Waals surface area contributed by atoms with Crippen LogP contribution in [0.4, 0.5) is 0 Å². The van der Waals surface area contributed by atoms with E-state index in [1.807, 2.05) is 13.3 Å². The van der Waals surface area contributed by atoms with Gasteiger partial charge in [0, 0.05) is 25.2 Å². The van der Waals surface area contributed by atoms with E-state index in [-0.39, 0.29) is 6.04 Å². The number of nitrogens with two attached hydrogens (primary N) is 1. The average molecular weight is 265 g/mol. The maximum atomic E-state index is 5.77. The summed E-state index contributed by atoms with van der Waals surface area (Å²) in [7, 11) is 0. The molecule has 19 heavy (non-hydrogen) atoms. The summed E-state index contributed by atoms with van der Waals surface area (Å²) in [5.74, 6) is 0. The topological polar surface area (TPSA) is 43.8 Å². The van der Waals surface area contributed by atoms with Crippen molar-refractivity contribution in [3.63, 3.8) is 0 Å². The molecule has 0 saturated heterocycles. The minimum atomic E-state index is 0.200. The smallest absolute Gasteiger partial charge is 0.0949 e. The summed E-state index contributed by atoms with van der Waals surface area (Å²) in [6.45, 7) is 5.39. The molecule has 0 fully saturated rings. The van der Waals surface area contributed by atoms with Gasteiger partial charge >= 0.3 is 0 Å². The van der Waals surface area contributed by atoms with Crippen LogP contribution in [0, 0.1) is 0 Å². The van der Waals surface area contributed by atoms with Gasteiger partial charge in [0.1, 0.15) is 0 Å². The van der Waals surface area contributed by atoms with Crippen molar-refractivity contribution in [2.45, 2.75) is 84.2 Å². The van der Waals surface area contributed by atoms with Crippen LogP contribution < -0.4 is 5.73 Å². The van der Waals surface area contributed by atoms with Crippen LogP contribution >= 0.6 is 0 Å². The normalized spacial score (nSPS) is 12.8. The van der Waals surface area contributed by atoms with Crippen LogP contribution in [0.25, 0.3) is 0 Å². The molecule has 1 heterocycles. The summed E-state index contributed by atoms with van der Waals surface area (Å²) < 4.78 is 2.20. The van der Waals surface area contributed by atoms with Crippen LogP contribution in [0.5, 0.6) is 0 Å². The second-order valence-electron chi connectivity index (χ2n) is 5.76. The molecule has 1 rings (SSSR count). The first-order chi connectivity index (χ1) is 9.22. The largest absolute Gasteiger partial charge is 0.337 e. The zero-order valence-electron chi connectivity index (χ0n) is 12.8. The summed E-state index contributed by atoms with van der Waals surface area (Å²) in [4.78, 5) is 4.39. The van der Waals surface area contributed by atoms with Gasteiger partial charge in [-0.3, -0.25) is 0 Å². The molecule has 0 radical (unpaired) electrons. The number of nitrogens with zero attached hydrogens (tertiary/aromatic N) is 2. The fraction of sp³-hybridized carbons (Fsp3) is 0.812. The molecule has 0 aromatic carbocycles. The van der Waals surface area contributed by atoms with Crippen molar-refractivity contribution < 1.29 is 0 Å². The molecule has 2 N–H and O–H groups in total. The number of aryl methyl sites for hydroxylation is 1. The van der Waals surface area contributed by atoms with Gasteiger partial charge in [-0.2, -0.15) is 0 Å². The maximum absolute atomic E-state index is 5.77. The van der Waals surface area contributed by atoms with E-state index in [1.54, 1.807) is 0 Å². The number of unbranched alkanes of at least 4 members (excludes halogenated alkanes) is 7. The SMILES string of the molecule is CCCCCCCCCCn1cnc(CC(C)N)c1. The van der Waals surface area contributed by atoms with Crippen molar-refractivity contribution in [2.24, 2.45) is 5.73 Å². The lowest BCUT2D eigenvalue weighted by molar-refractivity contribution is 0.543. The van der Waals surface area contributed by atoms with Crippen LogP contribution in [0.3, 0.4) is 0 Å². The highest BCUT2D eigenvalue weighted by atomic mass is 15.0. The monoisotopic (exact) mass is 265 g/mol. The van der Waals surface area contributed by atoms with E-state index in [0.717, 1.165) is 18.7 Å². The second kappa shape index (κ2) is 10.0. The van der Waals surface area contributed by atoms with Crippen molar-refractivity contribution >= 4 is 0 Å². The molecule has 1 aromatic heterocycles. The van der Waals surface area contributed by atoms with Gasteiger partial charge in [0.15, 0.2) is 0 Å². The Morgan fingerprint density at radius 2 is 1.74 bits per heavy atom. The Balaban J connectivity index is 2.01. The van der Waals surface area contributed by atoms with E-state index < -0.39 is 0 Å². The first kappa shape index (κ1) is 16.2. The Kier molecular flexibility index (Phi) is 8.55. The van der Waals surface area contributed by atoms with Gasteiger partial charge in [0.2, 0.25) is 0 Å². The standard InChI is InChI=1S/C16H31N3/c1-3-4-5-6-7-8-9-10-11-19-13-16(18-14-19)12-15(2)17/h13-15H,3-12,17H2,1-2H3.